The van der Waals surface area contributed by atoms with Gasteiger partial charge in [-0.05, 0) is 61.4 Å². The Morgan fingerprint density at radius 3 is 2.47 bits per heavy atom. The molecule has 0 saturated carbocycles. The van der Waals surface area contributed by atoms with E-state index in [1.165, 1.54) is 18.2 Å². The van der Waals surface area contributed by atoms with Crippen LogP contribution >= 0.6 is 11.6 Å². The molecule has 1 aliphatic heterocycles. The van der Waals surface area contributed by atoms with Gasteiger partial charge in [0.15, 0.2) is 11.5 Å². The van der Waals surface area contributed by atoms with Crippen LogP contribution in [0.2, 0.25) is 5.02 Å². The van der Waals surface area contributed by atoms with Crippen LogP contribution in [0.15, 0.2) is 59.5 Å². The molecule has 0 saturated heterocycles. The van der Waals surface area contributed by atoms with Crippen LogP contribution < -0.4 is 19.5 Å². The normalized spacial score (nSPS) is 12.8. The first kappa shape index (κ1) is 22.0. The highest BCUT2D eigenvalue weighted by Crippen LogP contribution is 2.33. The number of benzene rings is 3. The molecular formula is C23H21ClN2O5S. The lowest BCUT2D eigenvalue weighted by atomic mass is 10.1. The summed E-state index contributed by atoms with van der Waals surface area (Å²) in [4.78, 5) is 12.6. The number of aryl methyl sites for hydroxylation is 2. The van der Waals surface area contributed by atoms with Crippen LogP contribution in [-0.2, 0) is 10.0 Å². The summed E-state index contributed by atoms with van der Waals surface area (Å²) in [6, 6.07) is 14.6. The van der Waals surface area contributed by atoms with Gasteiger partial charge in [-0.3, -0.25) is 9.52 Å². The summed E-state index contributed by atoms with van der Waals surface area (Å²) in [6.45, 7) is 4.57. The van der Waals surface area contributed by atoms with Gasteiger partial charge in [0.1, 0.15) is 18.1 Å². The Bertz CT molecular complexity index is 1310. The fraction of sp³-hybridized carbons (Fsp3) is 0.174. The lowest BCUT2D eigenvalue weighted by molar-refractivity contribution is 0.102. The highest BCUT2D eigenvalue weighted by molar-refractivity contribution is 7.92. The third-order valence-electron chi connectivity index (χ3n) is 4.92. The second kappa shape index (κ2) is 8.72. The highest BCUT2D eigenvalue weighted by atomic mass is 35.5. The minimum absolute atomic E-state index is 0.0127. The van der Waals surface area contributed by atoms with Crippen molar-refractivity contribution in [3.63, 3.8) is 0 Å². The van der Waals surface area contributed by atoms with Gasteiger partial charge < -0.3 is 14.8 Å². The molecule has 1 amide bonds. The smallest absolute Gasteiger partial charge is 0.263 e. The summed E-state index contributed by atoms with van der Waals surface area (Å²) in [5, 5.41) is 2.75. The number of fused-ring (bicyclic) bond motifs is 1. The summed E-state index contributed by atoms with van der Waals surface area (Å²) in [7, 11) is -4.02. The fourth-order valence-electron chi connectivity index (χ4n) is 3.22. The SMILES string of the molecule is Cc1ccc(C)c(NS(=O)(=O)c2cc(C(=O)Nc3ccc4c(c3)OCCO4)ccc2Cl)c1. The van der Waals surface area contributed by atoms with E-state index in [9.17, 15) is 13.2 Å². The standard InChI is InChI=1S/C23H21ClN2O5S/c1-14-3-4-15(2)19(11-14)26-32(28,29)22-12-16(5-7-18(22)24)23(27)25-17-6-8-20-21(13-17)31-10-9-30-20/h3-8,11-13,26H,9-10H2,1-2H3,(H,25,27). The third-order valence-corrected chi connectivity index (χ3v) is 6.77. The molecule has 0 fully saturated rings. The van der Waals surface area contributed by atoms with Gasteiger partial charge in [0, 0.05) is 17.3 Å². The minimum atomic E-state index is -4.02. The predicted molar refractivity (Wildman–Crippen MR) is 124 cm³/mol. The lowest BCUT2D eigenvalue weighted by Gasteiger charge is -2.19. The molecule has 166 valence electrons. The minimum Gasteiger partial charge on any atom is -0.486 e. The van der Waals surface area contributed by atoms with Crippen LogP contribution in [0.1, 0.15) is 21.5 Å². The second-order valence-electron chi connectivity index (χ2n) is 7.38. The van der Waals surface area contributed by atoms with Crippen LogP contribution in [0, 0.1) is 13.8 Å². The van der Waals surface area contributed by atoms with E-state index in [-0.39, 0.29) is 15.5 Å². The molecule has 9 heteroatoms. The number of amides is 1. The van der Waals surface area contributed by atoms with Gasteiger partial charge in [-0.1, -0.05) is 23.7 Å². The molecule has 0 aromatic heterocycles. The molecule has 0 aliphatic carbocycles. The number of rotatable bonds is 5. The number of carbonyl (C=O) groups excluding carboxylic acids is 1. The zero-order valence-electron chi connectivity index (χ0n) is 17.4. The molecule has 0 spiro atoms. The van der Waals surface area contributed by atoms with Crippen molar-refractivity contribution >= 4 is 38.9 Å². The molecule has 1 heterocycles. The van der Waals surface area contributed by atoms with Crippen molar-refractivity contribution in [2.75, 3.05) is 23.3 Å². The van der Waals surface area contributed by atoms with E-state index < -0.39 is 15.9 Å². The summed E-state index contributed by atoms with van der Waals surface area (Å²) < 4.78 is 39.6. The van der Waals surface area contributed by atoms with Crippen LogP contribution in [0.5, 0.6) is 11.5 Å². The average Bonchev–Trinajstić information content (AvgIpc) is 2.76. The molecule has 0 bridgehead atoms. The van der Waals surface area contributed by atoms with E-state index in [4.69, 9.17) is 21.1 Å². The fourth-order valence-corrected chi connectivity index (χ4v) is 4.87. The van der Waals surface area contributed by atoms with Crippen LogP contribution in [-0.4, -0.2) is 27.5 Å². The van der Waals surface area contributed by atoms with Crippen molar-refractivity contribution in [2.24, 2.45) is 0 Å². The molecule has 0 unspecified atom stereocenters. The van der Waals surface area contributed by atoms with Crippen molar-refractivity contribution in [1.29, 1.82) is 0 Å². The van der Waals surface area contributed by atoms with Gasteiger partial charge in [-0.2, -0.15) is 0 Å². The monoisotopic (exact) mass is 472 g/mol. The Morgan fingerprint density at radius 1 is 0.938 bits per heavy atom. The van der Waals surface area contributed by atoms with E-state index in [1.807, 2.05) is 19.1 Å². The first-order valence-corrected chi connectivity index (χ1v) is 11.7. The van der Waals surface area contributed by atoms with Gasteiger partial charge >= 0.3 is 0 Å². The van der Waals surface area contributed by atoms with E-state index in [0.717, 1.165) is 11.1 Å². The molecule has 3 aromatic carbocycles. The van der Waals surface area contributed by atoms with Crippen molar-refractivity contribution < 1.29 is 22.7 Å². The van der Waals surface area contributed by atoms with Gasteiger partial charge in [0.05, 0.1) is 10.7 Å². The van der Waals surface area contributed by atoms with Gasteiger partial charge in [0.25, 0.3) is 15.9 Å². The molecule has 0 atom stereocenters. The van der Waals surface area contributed by atoms with Crippen molar-refractivity contribution in [3.8, 4) is 11.5 Å². The quantitative estimate of drug-likeness (QED) is 0.557. The Hall–Kier alpha value is -3.23. The number of carbonyl (C=O) groups is 1. The molecule has 0 radical (unpaired) electrons. The second-order valence-corrected chi connectivity index (χ2v) is 9.44. The number of sulfonamides is 1. The summed E-state index contributed by atoms with van der Waals surface area (Å²) in [5.41, 5.74) is 2.76. The van der Waals surface area contributed by atoms with Gasteiger partial charge in [-0.25, -0.2) is 8.42 Å². The predicted octanol–water partition coefficient (Wildman–Crippen LogP) is 4.78. The van der Waals surface area contributed by atoms with E-state index >= 15 is 0 Å². The Morgan fingerprint density at radius 2 is 1.69 bits per heavy atom. The zero-order valence-corrected chi connectivity index (χ0v) is 19.0. The molecule has 1 aliphatic rings. The first-order valence-electron chi connectivity index (χ1n) is 9.83. The largest absolute Gasteiger partial charge is 0.486 e. The summed E-state index contributed by atoms with van der Waals surface area (Å²) >= 11 is 6.18. The number of hydrogen-bond donors (Lipinski definition) is 2. The Kier molecular flexibility index (Phi) is 5.99. The van der Waals surface area contributed by atoms with Crippen LogP contribution in [0.4, 0.5) is 11.4 Å². The number of nitrogens with one attached hydrogen (secondary N) is 2. The third kappa shape index (κ3) is 4.66. The number of hydrogen-bond acceptors (Lipinski definition) is 5. The first-order chi connectivity index (χ1) is 15.2. The van der Waals surface area contributed by atoms with E-state index in [1.54, 1.807) is 31.2 Å². The summed E-state index contributed by atoms with van der Waals surface area (Å²) in [5.74, 6) is 0.652. The highest BCUT2D eigenvalue weighted by Gasteiger charge is 2.22. The van der Waals surface area contributed by atoms with Crippen LogP contribution in [0.3, 0.4) is 0 Å². The van der Waals surface area contributed by atoms with E-state index in [0.29, 0.717) is 36.1 Å². The number of anilines is 2. The maximum atomic E-state index is 13.0. The van der Waals surface area contributed by atoms with Crippen molar-refractivity contribution in [3.05, 3.63) is 76.3 Å². The zero-order chi connectivity index (χ0) is 22.9. The molecule has 7 nitrogen and oxygen atoms in total. The molecule has 2 N–H and O–H groups in total. The summed E-state index contributed by atoms with van der Waals surface area (Å²) in [6.07, 6.45) is 0. The molecule has 3 aromatic rings. The lowest BCUT2D eigenvalue weighted by Crippen LogP contribution is -2.18. The number of halogens is 1. The Labute approximate surface area is 191 Å². The Balaban J connectivity index is 1.59. The number of ether oxygens (including phenoxy) is 2. The molecular weight excluding hydrogens is 452 g/mol. The van der Waals surface area contributed by atoms with E-state index in [2.05, 4.69) is 10.0 Å². The van der Waals surface area contributed by atoms with Crippen molar-refractivity contribution in [2.45, 2.75) is 18.7 Å². The van der Waals surface area contributed by atoms with Gasteiger partial charge in [-0.15, -0.1) is 0 Å². The maximum Gasteiger partial charge on any atom is 0.263 e. The van der Waals surface area contributed by atoms with Crippen molar-refractivity contribution in [1.82, 2.24) is 0 Å². The molecule has 4 rings (SSSR count). The maximum absolute atomic E-state index is 13.0. The average molecular weight is 473 g/mol. The molecule has 32 heavy (non-hydrogen) atoms. The van der Waals surface area contributed by atoms with Crippen LogP contribution in [0.25, 0.3) is 0 Å². The van der Waals surface area contributed by atoms with Gasteiger partial charge in [0.2, 0.25) is 0 Å². The topological polar surface area (TPSA) is 93.7 Å².